The minimum Gasteiger partial charge on any atom is -0.358 e. The first-order valence-corrected chi connectivity index (χ1v) is 9.21. The predicted molar refractivity (Wildman–Crippen MR) is 107 cm³/mol. The van der Waals surface area contributed by atoms with Crippen LogP contribution in [0.15, 0.2) is 54.6 Å². The lowest BCUT2D eigenvalue weighted by Gasteiger charge is -2.11. The number of H-pyrrole nitrogens is 1. The van der Waals surface area contributed by atoms with Gasteiger partial charge in [0.15, 0.2) is 0 Å². The number of aromatic amines is 1. The van der Waals surface area contributed by atoms with Crippen LogP contribution in [0.2, 0.25) is 0 Å². The number of nitrogens with zero attached hydrogens (tertiary/aromatic N) is 1. The van der Waals surface area contributed by atoms with Gasteiger partial charge in [0.2, 0.25) is 0 Å². The normalized spacial score (nSPS) is 13.2. The van der Waals surface area contributed by atoms with Crippen molar-refractivity contribution in [2.45, 2.75) is 6.42 Å². The van der Waals surface area contributed by atoms with Crippen molar-refractivity contribution in [1.29, 1.82) is 0 Å². The maximum Gasteiger partial charge on any atom is 0.253 e. The fraction of sp³-hybridized carbons (Fsp3) is 0.0909. The number of pyridine rings is 1. The van der Waals surface area contributed by atoms with Crippen LogP contribution in [0, 0.1) is 11.6 Å². The monoisotopic (exact) mass is 390 g/mol. The lowest BCUT2D eigenvalue weighted by atomic mass is 10.1. The van der Waals surface area contributed by atoms with Crippen LogP contribution < -0.4 is 10.6 Å². The molecule has 3 N–H and O–H groups in total. The maximum atomic E-state index is 14.0. The summed E-state index contributed by atoms with van der Waals surface area (Å²) in [6.45, 7) is 0.599. The summed E-state index contributed by atoms with van der Waals surface area (Å²) in [4.78, 5) is 20.0. The Kier molecular flexibility index (Phi) is 4.01. The second-order valence-corrected chi connectivity index (χ2v) is 6.88. The number of halogens is 2. The number of anilines is 2. The minimum absolute atomic E-state index is 0.0978. The maximum absolute atomic E-state index is 14.0. The molecule has 5 nitrogen and oxygen atoms in total. The summed E-state index contributed by atoms with van der Waals surface area (Å²) in [5.74, 6) is -1.16. The van der Waals surface area contributed by atoms with E-state index >= 15 is 0 Å². The average molecular weight is 390 g/mol. The molecule has 1 aliphatic heterocycles. The van der Waals surface area contributed by atoms with Crippen molar-refractivity contribution in [2.24, 2.45) is 0 Å². The Morgan fingerprint density at radius 3 is 2.55 bits per heavy atom. The first-order chi connectivity index (χ1) is 14.1. The highest BCUT2D eigenvalue weighted by Crippen LogP contribution is 2.31. The van der Waals surface area contributed by atoms with Gasteiger partial charge in [-0.3, -0.25) is 4.79 Å². The van der Waals surface area contributed by atoms with Gasteiger partial charge in [-0.05, 0) is 30.3 Å². The molecule has 0 bridgehead atoms. The first kappa shape index (κ1) is 17.4. The molecule has 4 aromatic rings. The van der Waals surface area contributed by atoms with Crippen molar-refractivity contribution < 1.29 is 13.6 Å². The van der Waals surface area contributed by atoms with Gasteiger partial charge in [-0.1, -0.05) is 24.3 Å². The van der Waals surface area contributed by atoms with E-state index < -0.39 is 11.6 Å². The molecule has 2 aromatic carbocycles. The summed E-state index contributed by atoms with van der Waals surface area (Å²) in [6.07, 6.45) is 0.735. The molecule has 0 aliphatic carbocycles. The van der Waals surface area contributed by atoms with Crippen LogP contribution in [-0.2, 0) is 6.42 Å². The zero-order chi connectivity index (χ0) is 20.0. The van der Waals surface area contributed by atoms with E-state index in [1.807, 2.05) is 30.3 Å². The molecule has 1 aliphatic rings. The van der Waals surface area contributed by atoms with E-state index in [0.717, 1.165) is 28.8 Å². The molecule has 5 rings (SSSR count). The Morgan fingerprint density at radius 2 is 1.76 bits per heavy atom. The molecule has 0 saturated carbocycles. The number of carbonyl (C=O) groups is 1. The van der Waals surface area contributed by atoms with Gasteiger partial charge in [-0.25, -0.2) is 13.8 Å². The second kappa shape index (κ2) is 6.70. The van der Waals surface area contributed by atoms with Crippen LogP contribution in [-0.4, -0.2) is 22.4 Å². The highest BCUT2D eigenvalue weighted by Gasteiger charge is 2.21. The number of hydrogen-bond acceptors (Lipinski definition) is 3. The van der Waals surface area contributed by atoms with E-state index in [2.05, 4.69) is 20.6 Å². The van der Waals surface area contributed by atoms with E-state index in [0.29, 0.717) is 23.4 Å². The van der Waals surface area contributed by atoms with Crippen LogP contribution in [0.1, 0.15) is 16.1 Å². The molecule has 29 heavy (non-hydrogen) atoms. The number of carbonyl (C=O) groups excluding carboxylic acids is 1. The van der Waals surface area contributed by atoms with Crippen molar-refractivity contribution in [3.63, 3.8) is 0 Å². The summed E-state index contributed by atoms with van der Waals surface area (Å²) >= 11 is 0. The van der Waals surface area contributed by atoms with E-state index in [9.17, 15) is 13.6 Å². The zero-order valence-electron chi connectivity index (χ0n) is 15.2. The summed E-state index contributed by atoms with van der Waals surface area (Å²) in [5, 5.41) is 6.44. The molecule has 3 heterocycles. The van der Waals surface area contributed by atoms with Crippen LogP contribution in [0.3, 0.4) is 0 Å². The van der Waals surface area contributed by atoms with Gasteiger partial charge in [0.05, 0.1) is 11.1 Å². The van der Waals surface area contributed by atoms with Gasteiger partial charge < -0.3 is 15.6 Å². The van der Waals surface area contributed by atoms with E-state index in [1.165, 1.54) is 18.2 Å². The standard InChI is InChI=1S/C22H16F2N4O/c23-15-5-2-6-16(24)21(15)28-19-8-7-12-3-1-4-13(20(12)27-19)18-11-14-17(26-18)9-10-25-22(14)29/h1-8,11,26H,9-10H2,(H,25,29)(H,27,28). The molecule has 144 valence electrons. The minimum atomic E-state index is -0.691. The smallest absolute Gasteiger partial charge is 0.253 e. The molecule has 0 saturated heterocycles. The lowest BCUT2D eigenvalue weighted by molar-refractivity contribution is 0.0946. The molecule has 7 heteroatoms. The fourth-order valence-corrected chi connectivity index (χ4v) is 3.62. The van der Waals surface area contributed by atoms with Gasteiger partial charge in [-0.2, -0.15) is 0 Å². The highest BCUT2D eigenvalue weighted by molar-refractivity contribution is 6.00. The van der Waals surface area contributed by atoms with Crippen molar-refractivity contribution in [3.8, 4) is 11.3 Å². The van der Waals surface area contributed by atoms with E-state index in [1.54, 1.807) is 6.07 Å². The Balaban J connectivity index is 1.60. The molecule has 2 aromatic heterocycles. The quantitative estimate of drug-likeness (QED) is 0.481. The number of rotatable bonds is 3. The Hall–Kier alpha value is -3.74. The molecule has 1 amide bonds. The Bertz CT molecular complexity index is 1240. The third-order valence-electron chi connectivity index (χ3n) is 5.03. The summed E-state index contributed by atoms with van der Waals surface area (Å²) in [6, 6.07) is 14.7. The second-order valence-electron chi connectivity index (χ2n) is 6.88. The molecular formula is C22H16F2N4O. The third kappa shape index (κ3) is 3.00. The molecule has 0 radical (unpaired) electrons. The van der Waals surface area contributed by atoms with Crippen LogP contribution >= 0.6 is 0 Å². The van der Waals surface area contributed by atoms with Crippen molar-refractivity contribution in [3.05, 3.63) is 77.5 Å². The topological polar surface area (TPSA) is 69.8 Å². The summed E-state index contributed by atoms with van der Waals surface area (Å²) in [7, 11) is 0. The lowest BCUT2D eigenvalue weighted by Crippen LogP contribution is -2.31. The van der Waals surface area contributed by atoms with Gasteiger partial charge in [0.25, 0.3) is 5.91 Å². The first-order valence-electron chi connectivity index (χ1n) is 9.21. The zero-order valence-corrected chi connectivity index (χ0v) is 15.2. The van der Waals surface area contributed by atoms with Crippen LogP contribution in [0.25, 0.3) is 22.2 Å². The van der Waals surface area contributed by atoms with Crippen LogP contribution in [0.5, 0.6) is 0 Å². The average Bonchev–Trinajstić information content (AvgIpc) is 3.16. The number of hydrogen-bond donors (Lipinski definition) is 3. The van der Waals surface area contributed by atoms with Gasteiger partial charge in [0.1, 0.15) is 23.1 Å². The largest absolute Gasteiger partial charge is 0.358 e. The number of fused-ring (bicyclic) bond motifs is 2. The number of nitrogens with one attached hydrogen (secondary N) is 3. The number of amides is 1. The fourth-order valence-electron chi connectivity index (χ4n) is 3.62. The molecule has 0 unspecified atom stereocenters. The van der Waals surface area contributed by atoms with Gasteiger partial charge >= 0.3 is 0 Å². The highest BCUT2D eigenvalue weighted by atomic mass is 19.1. The number of para-hydroxylation sites is 2. The Labute approximate surface area is 164 Å². The van der Waals surface area contributed by atoms with Crippen molar-refractivity contribution in [2.75, 3.05) is 11.9 Å². The van der Waals surface area contributed by atoms with Crippen molar-refractivity contribution >= 4 is 28.3 Å². The predicted octanol–water partition coefficient (Wildman–Crippen LogP) is 4.54. The SMILES string of the molecule is O=C1NCCc2[nH]c(-c3cccc4ccc(Nc5c(F)cccc5F)nc34)cc21. The molecule has 0 atom stereocenters. The number of aromatic nitrogens is 2. The van der Waals surface area contributed by atoms with E-state index in [4.69, 9.17) is 0 Å². The molecule has 0 fully saturated rings. The third-order valence-corrected chi connectivity index (χ3v) is 5.03. The molecule has 0 spiro atoms. The van der Waals surface area contributed by atoms with Gasteiger partial charge in [-0.15, -0.1) is 0 Å². The molecular weight excluding hydrogens is 374 g/mol. The summed E-state index contributed by atoms with van der Waals surface area (Å²) < 4.78 is 28.0. The Morgan fingerprint density at radius 1 is 0.966 bits per heavy atom. The summed E-state index contributed by atoms with van der Waals surface area (Å²) in [5.41, 5.74) is 3.52. The van der Waals surface area contributed by atoms with Crippen molar-refractivity contribution in [1.82, 2.24) is 15.3 Å². The van der Waals surface area contributed by atoms with Crippen LogP contribution in [0.4, 0.5) is 20.3 Å². The number of benzene rings is 2. The van der Waals surface area contributed by atoms with E-state index in [-0.39, 0.29) is 11.6 Å². The van der Waals surface area contributed by atoms with Gasteiger partial charge in [0, 0.05) is 35.3 Å².